The topological polar surface area (TPSA) is 4.93 Å². The molecule has 3 aliphatic carbocycles. The van der Waals surface area contributed by atoms with Gasteiger partial charge in [0, 0.05) is 16.5 Å². The lowest BCUT2D eigenvalue weighted by Crippen LogP contribution is -2.28. The number of rotatable bonds is 5. The first-order valence-corrected chi connectivity index (χ1v) is 22.6. The van der Waals surface area contributed by atoms with E-state index in [0.717, 1.165) is 6.42 Å². The highest BCUT2D eigenvalue weighted by molar-refractivity contribution is 6.12. The van der Waals surface area contributed by atoms with Crippen molar-refractivity contribution < 1.29 is 0 Å². The van der Waals surface area contributed by atoms with Gasteiger partial charge in [-0.05, 0) is 138 Å². The van der Waals surface area contributed by atoms with E-state index in [9.17, 15) is 0 Å². The molecule has 1 heteroatoms. The zero-order chi connectivity index (χ0) is 42.0. The minimum atomic E-state index is -0.484. The Morgan fingerprint density at radius 3 is 1.23 bits per heavy atom. The monoisotopic (exact) mass is 811 g/mol. The molecule has 0 N–H and O–H groups in total. The van der Waals surface area contributed by atoms with Crippen LogP contribution in [0.4, 0.5) is 0 Å². The molecule has 0 fully saturated rings. The number of aromatic nitrogens is 1. The number of hydrogen-bond donors (Lipinski definition) is 0. The molecule has 0 saturated carbocycles. The van der Waals surface area contributed by atoms with E-state index in [0.29, 0.717) is 0 Å². The Balaban J connectivity index is 1.04. The second kappa shape index (κ2) is 13.3. The Morgan fingerprint density at radius 1 is 0.281 bits per heavy atom. The van der Waals surface area contributed by atoms with E-state index in [1.165, 1.54) is 117 Å². The molecule has 3 aliphatic rings. The molecule has 1 aromatic heterocycles. The van der Waals surface area contributed by atoms with Crippen LogP contribution in [-0.4, -0.2) is 4.57 Å². The van der Waals surface area contributed by atoms with Crippen LogP contribution in [0.15, 0.2) is 237 Å². The fourth-order valence-electron chi connectivity index (χ4n) is 12.4. The SMILES string of the molecule is c1ccc(-n2c3ccc(C4(c5ccccc5)c5ccccc5-c5ccccc54)cc3c3cc4c(cc32)Cc2ccc(C3(c5ccccc5)c5ccccc5-c5ccccc53)cc2-4)cc1. The van der Waals surface area contributed by atoms with E-state index in [2.05, 4.69) is 241 Å². The predicted molar refractivity (Wildman–Crippen MR) is 264 cm³/mol. The zero-order valence-corrected chi connectivity index (χ0v) is 35.2. The fraction of sp³-hybridized carbons (Fsp3) is 0.0476. The van der Waals surface area contributed by atoms with Crippen molar-refractivity contribution in [2.24, 2.45) is 0 Å². The van der Waals surface area contributed by atoms with E-state index in [-0.39, 0.29) is 0 Å². The third kappa shape index (κ3) is 4.58. The minimum Gasteiger partial charge on any atom is -0.309 e. The van der Waals surface area contributed by atoms with Gasteiger partial charge in [-0.2, -0.15) is 0 Å². The molecular weight excluding hydrogens is 771 g/mol. The Hall–Kier alpha value is -8.00. The van der Waals surface area contributed by atoms with Crippen molar-refractivity contribution in [1.29, 1.82) is 0 Å². The van der Waals surface area contributed by atoms with Gasteiger partial charge in [0.2, 0.25) is 0 Å². The maximum absolute atomic E-state index is 2.54. The van der Waals surface area contributed by atoms with Crippen LogP contribution in [0.1, 0.15) is 55.6 Å². The van der Waals surface area contributed by atoms with E-state index >= 15 is 0 Å². The second-order valence-corrected chi connectivity index (χ2v) is 17.9. The first-order valence-electron chi connectivity index (χ1n) is 22.6. The molecule has 1 nitrogen and oxygen atoms in total. The summed E-state index contributed by atoms with van der Waals surface area (Å²) in [5, 5.41) is 2.54. The van der Waals surface area contributed by atoms with Gasteiger partial charge >= 0.3 is 0 Å². The van der Waals surface area contributed by atoms with Crippen LogP contribution in [0, 0.1) is 0 Å². The van der Waals surface area contributed by atoms with Gasteiger partial charge in [-0.1, -0.05) is 194 Å². The first kappa shape index (κ1) is 35.6. The second-order valence-electron chi connectivity index (χ2n) is 17.9. The largest absolute Gasteiger partial charge is 0.309 e. The van der Waals surface area contributed by atoms with Crippen LogP contribution in [0.25, 0.3) is 60.9 Å². The lowest BCUT2D eigenvalue weighted by molar-refractivity contribution is 0.768. The van der Waals surface area contributed by atoms with Crippen molar-refractivity contribution >= 4 is 21.8 Å². The quantitative estimate of drug-likeness (QED) is 0.163. The highest BCUT2D eigenvalue weighted by Gasteiger charge is 2.47. The summed E-state index contributed by atoms with van der Waals surface area (Å²) in [6, 6.07) is 89.2. The highest BCUT2D eigenvalue weighted by Crippen LogP contribution is 2.59. The van der Waals surface area contributed by atoms with Crippen LogP contribution < -0.4 is 0 Å². The molecule has 10 aromatic carbocycles. The van der Waals surface area contributed by atoms with Crippen molar-refractivity contribution in [1.82, 2.24) is 4.57 Å². The first-order chi connectivity index (χ1) is 31.7. The molecule has 0 aliphatic heterocycles. The molecule has 64 heavy (non-hydrogen) atoms. The van der Waals surface area contributed by atoms with Crippen molar-refractivity contribution in [3.05, 3.63) is 292 Å². The van der Waals surface area contributed by atoms with Gasteiger partial charge in [0.15, 0.2) is 0 Å². The number of fused-ring (bicyclic) bond motifs is 12. The zero-order valence-electron chi connectivity index (χ0n) is 35.2. The van der Waals surface area contributed by atoms with Gasteiger partial charge in [-0.15, -0.1) is 0 Å². The average molecular weight is 812 g/mol. The maximum atomic E-state index is 2.54. The molecule has 0 atom stereocenters. The van der Waals surface area contributed by atoms with Gasteiger partial charge in [0.25, 0.3) is 0 Å². The van der Waals surface area contributed by atoms with Crippen LogP contribution in [0.5, 0.6) is 0 Å². The molecule has 0 saturated heterocycles. The molecule has 14 rings (SSSR count). The van der Waals surface area contributed by atoms with Crippen molar-refractivity contribution in [3.63, 3.8) is 0 Å². The normalized spacial score (nSPS) is 14.4. The third-order valence-corrected chi connectivity index (χ3v) is 15.0. The summed E-state index contributed by atoms with van der Waals surface area (Å²) in [5.41, 5.74) is 23.9. The fourth-order valence-corrected chi connectivity index (χ4v) is 12.4. The standard InChI is InChI=1S/C63H41N/c1-4-18-43(19-5-1)62(56-28-14-10-24-48(56)49-25-11-15-29-57(49)62)45-33-32-41-36-42-37-61-55(40-53(42)52(41)38-45)54-39-46(34-35-60(54)64(61)47-22-8-3-9-23-47)63(44-20-6-2-7-21-44)58-30-16-12-26-50(58)51-27-13-17-31-59(51)63/h1-35,37-40H,36H2. The molecule has 298 valence electrons. The number of nitrogens with zero attached hydrogens (tertiary/aromatic N) is 1. The number of hydrogen-bond acceptors (Lipinski definition) is 0. The summed E-state index contributed by atoms with van der Waals surface area (Å²) in [6.45, 7) is 0. The van der Waals surface area contributed by atoms with E-state index in [1.54, 1.807) is 0 Å². The third-order valence-electron chi connectivity index (χ3n) is 15.0. The molecule has 0 bridgehead atoms. The number of para-hydroxylation sites is 1. The Kier molecular flexibility index (Phi) is 7.37. The summed E-state index contributed by atoms with van der Waals surface area (Å²) in [6.07, 6.45) is 0.901. The minimum absolute atomic E-state index is 0.450. The van der Waals surface area contributed by atoms with Gasteiger partial charge < -0.3 is 4.57 Å². The van der Waals surface area contributed by atoms with Crippen molar-refractivity contribution in [3.8, 4) is 39.1 Å². The lowest BCUT2D eigenvalue weighted by atomic mass is 9.67. The van der Waals surface area contributed by atoms with Crippen molar-refractivity contribution in [2.45, 2.75) is 17.3 Å². The summed E-state index contributed by atoms with van der Waals surface area (Å²) < 4.78 is 2.49. The van der Waals surface area contributed by atoms with Crippen molar-refractivity contribution in [2.75, 3.05) is 0 Å². The lowest BCUT2D eigenvalue weighted by Gasteiger charge is -2.34. The van der Waals surface area contributed by atoms with Gasteiger partial charge in [-0.3, -0.25) is 0 Å². The molecule has 0 amide bonds. The van der Waals surface area contributed by atoms with E-state index in [4.69, 9.17) is 0 Å². The Morgan fingerprint density at radius 2 is 0.703 bits per heavy atom. The molecule has 11 aromatic rings. The van der Waals surface area contributed by atoms with Gasteiger partial charge in [0.05, 0.1) is 21.9 Å². The smallest absolute Gasteiger partial charge is 0.0713 e. The molecular formula is C63H41N. The van der Waals surface area contributed by atoms with E-state index < -0.39 is 10.8 Å². The average Bonchev–Trinajstić information content (AvgIpc) is 4.08. The van der Waals surface area contributed by atoms with Crippen LogP contribution >= 0.6 is 0 Å². The highest BCUT2D eigenvalue weighted by atomic mass is 15.0. The molecule has 0 unspecified atom stereocenters. The summed E-state index contributed by atoms with van der Waals surface area (Å²) in [5.74, 6) is 0. The van der Waals surface area contributed by atoms with E-state index in [1.807, 2.05) is 0 Å². The Bertz CT molecular complexity index is 3600. The van der Waals surface area contributed by atoms with Gasteiger partial charge in [-0.25, -0.2) is 0 Å². The predicted octanol–water partition coefficient (Wildman–Crippen LogP) is 15.1. The summed E-state index contributed by atoms with van der Waals surface area (Å²) >= 11 is 0. The van der Waals surface area contributed by atoms with Gasteiger partial charge in [0.1, 0.15) is 0 Å². The van der Waals surface area contributed by atoms with Crippen LogP contribution in [-0.2, 0) is 17.3 Å². The molecule has 1 heterocycles. The number of benzene rings is 10. The van der Waals surface area contributed by atoms with Crippen LogP contribution in [0.3, 0.4) is 0 Å². The Labute approximate surface area is 373 Å². The molecule has 0 radical (unpaired) electrons. The molecule has 0 spiro atoms. The summed E-state index contributed by atoms with van der Waals surface area (Å²) in [4.78, 5) is 0. The summed E-state index contributed by atoms with van der Waals surface area (Å²) in [7, 11) is 0. The maximum Gasteiger partial charge on any atom is 0.0713 e. The van der Waals surface area contributed by atoms with Crippen LogP contribution in [0.2, 0.25) is 0 Å².